The summed E-state index contributed by atoms with van der Waals surface area (Å²) in [4.78, 5) is 14.1. The van der Waals surface area contributed by atoms with Crippen LogP contribution in [0.2, 0.25) is 5.02 Å². The summed E-state index contributed by atoms with van der Waals surface area (Å²) in [5.74, 6) is 0.154. The summed E-state index contributed by atoms with van der Waals surface area (Å²) in [6.07, 6.45) is 3.47. The number of amides is 1. The lowest BCUT2D eigenvalue weighted by molar-refractivity contribution is 0.0545. The molecule has 2 N–H and O–H groups in total. The fourth-order valence-corrected chi connectivity index (χ4v) is 6.56. The molecule has 0 fully saturated rings. The van der Waals surface area contributed by atoms with Crippen molar-refractivity contribution in [3.05, 3.63) is 69.7 Å². The third-order valence-electron chi connectivity index (χ3n) is 6.85. The number of hydrogen-bond acceptors (Lipinski definition) is 3. The number of aryl methyl sites for hydroxylation is 2. The van der Waals surface area contributed by atoms with Crippen molar-refractivity contribution in [2.24, 2.45) is 0 Å². The molecule has 1 amide bonds. The molecule has 2 unspecified atom stereocenters. The van der Waals surface area contributed by atoms with Crippen LogP contribution in [0.1, 0.15) is 75.1 Å². The molecule has 0 saturated carbocycles. The predicted octanol–water partition coefficient (Wildman–Crippen LogP) is 6.02. The molecule has 0 bridgehead atoms. The first kappa shape index (κ1) is 28.5. The van der Waals surface area contributed by atoms with Gasteiger partial charge in [-0.05, 0) is 93.7 Å². The zero-order chi connectivity index (χ0) is 26.5. The Morgan fingerprint density at radius 1 is 1.14 bits per heavy atom. The van der Waals surface area contributed by atoms with E-state index in [-0.39, 0.29) is 17.7 Å². The highest BCUT2D eigenvalue weighted by Crippen LogP contribution is 2.40. The van der Waals surface area contributed by atoms with E-state index in [0.29, 0.717) is 24.4 Å². The van der Waals surface area contributed by atoms with Gasteiger partial charge in [-0.15, -0.1) is 0 Å². The molecule has 0 spiro atoms. The lowest BCUT2D eigenvalue weighted by atomic mass is 9.74. The Labute approximate surface area is 221 Å². The summed E-state index contributed by atoms with van der Waals surface area (Å²) < 4.78 is 26.5. The largest absolute Gasteiger partial charge is 0.465 e. The molecular weight excluding hydrogens is 496 g/mol. The quantitative estimate of drug-likeness (QED) is 0.365. The van der Waals surface area contributed by atoms with Crippen molar-refractivity contribution in [2.75, 3.05) is 12.3 Å². The van der Waals surface area contributed by atoms with E-state index in [4.69, 9.17) is 11.6 Å². The normalized spacial score (nSPS) is 18.0. The van der Waals surface area contributed by atoms with Crippen molar-refractivity contribution in [1.29, 1.82) is 0 Å². The molecule has 6 nitrogen and oxygen atoms in total. The second kappa shape index (κ2) is 12.0. The van der Waals surface area contributed by atoms with Crippen molar-refractivity contribution in [3.8, 4) is 0 Å². The predicted molar refractivity (Wildman–Crippen MR) is 146 cm³/mol. The van der Waals surface area contributed by atoms with Crippen LogP contribution in [0.5, 0.6) is 0 Å². The van der Waals surface area contributed by atoms with Gasteiger partial charge in [0.05, 0.1) is 5.75 Å². The van der Waals surface area contributed by atoms with E-state index in [1.54, 1.807) is 4.90 Å². The Morgan fingerprint density at radius 3 is 2.42 bits per heavy atom. The van der Waals surface area contributed by atoms with Crippen LogP contribution in [0.3, 0.4) is 0 Å². The highest BCUT2D eigenvalue weighted by molar-refractivity contribution is 7.89. The lowest BCUT2D eigenvalue weighted by Crippen LogP contribution is -2.54. The van der Waals surface area contributed by atoms with Gasteiger partial charge in [-0.3, -0.25) is 4.90 Å². The maximum atomic E-state index is 12.4. The molecule has 0 aromatic heterocycles. The topological polar surface area (TPSA) is 86.7 Å². The number of nitrogens with one attached hydrogen (secondary N) is 1. The van der Waals surface area contributed by atoms with E-state index >= 15 is 0 Å². The molecule has 0 saturated heterocycles. The van der Waals surface area contributed by atoms with E-state index in [9.17, 15) is 18.3 Å². The number of nitrogens with zero attached hydrogens (tertiary/aromatic N) is 1. The third kappa shape index (κ3) is 7.46. The van der Waals surface area contributed by atoms with Gasteiger partial charge in [-0.2, -0.15) is 0 Å². The van der Waals surface area contributed by atoms with Crippen LogP contribution in [-0.2, 0) is 29.3 Å². The molecule has 3 rings (SSSR count). The van der Waals surface area contributed by atoms with Gasteiger partial charge in [-0.25, -0.2) is 17.9 Å². The Bertz CT molecular complexity index is 1140. The van der Waals surface area contributed by atoms with Crippen LogP contribution in [0.15, 0.2) is 42.5 Å². The van der Waals surface area contributed by atoms with Crippen molar-refractivity contribution in [1.82, 2.24) is 9.62 Å². The van der Waals surface area contributed by atoms with Crippen LogP contribution in [-0.4, -0.2) is 48.4 Å². The van der Waals surface area contributed by atoms with Crippen LogP contribution in [0, 0.1) is 0 Å². The second-order valence-electron chi connectivity index (χ2n) is 10.7. The molecule has 0 heterocycles. The minimum absolute atomic E-state index is 0.00765. The summed E-state index contributed by atoms with van der Waals surface area (Å²) in [7, 11) is -3.21. The maximum absolute atomic E-state index is 12.4. The van der Waals surface area contributed by atoms with Gasteiger partial charge >= 0.3 is 6.09 Å². The smallest absolute Gasteiger partial charge is 0.408 e. The first-order valence-electron chi connectivity index (χ1n) is 12.8. The second-order valence-corrected chi connectivity index (χ2v) is 13.1. The van der Waals surface area contributed by atoms with Gasteiger partial charge in [0, 0.05) is 29.1 Å². The number of halogens is 1. The minimum Gasteiger partial charge on any atom is -0.465 e. The van der Waals surface area contributed by atoms with E-state index in [0.717, 1.165) is 36.8 Å². The maximum Gasteiger partial charge on any atom is 0.408 e. The van der Waals surface area contributed by atoms with Crippen LogP contribution in [0.4, 0.5) is 4.79 Å². The van der Waals surface area contributed by atoms with Gasteiger partial charge in [-0.1, -0.05) is 48.9 Å². The first-order chi connectivity index (χ1) is 16.9. The summed E-state index contributed by atoms with van der Waals surface area (Å²) in [6, 6.07) is 14.1. The molecule has 1 aliphatic rings. The average Bonchev–Trinajstić information content (AvgIpc) is 2.78. The highest BCUT2D eigenvalue weighted by atomic mass is 35.5. The molecule has 2 aromatic rings. The molecule has 0 radical (unpaired) electrons. The van der Waals surface area contributed by atoms with Gasteiger partial charge in [0.15, 0.2) is 0 Å². The van der Waals surface area contributed by atoms with Crippen molar-refractivity contribution >= 4 is 27.7 Å². The number of hydrogen-bond donors (Lipinski definition) is 2. The van der Waals surface area contributed by atoms with Crippen LogP contribution >= 0.6 is 11.6 Å². The molecule has 8 heteroatoms. The van der Waals surface area contributed by atoms with Gasteiger partial charge in [0.25, 0.3) is 0 Å². The number of carbonyl (C=O) groups is 1. The monoisotopic (exact) mass is 534 g/mol. The SMILES string of the molecule is CCCS(=O)(=O)NCCCc1ccc2c(c1)C(Cc1ccc(Cl)cc1)C(N(C(=O)O)C(C)(C)C)CC2. The number of sulfonamides is 1. The van der Waals surface area contributed by atoms with Crippen molar-refractivity contribution < 1.29 is 18.3 Å². The zero-order valence-corrected chi connectivity index (χ0v) is 23.3. The van der Waals surface area contributed by atoms with Gasteiger partial charge < -0.3 is 5.11 Å². The summed E-state index contributed by atoms with van der Waals surface area (Å²) in [5, 5.41) is 10.9. The highest BCUT2D eigenvalue weighted by Gasteiger charge is 2.40. The molecule has 2 atom stereocenters. The Hall–Kier alpha value is -2.09. The number of benzene rings is 2. The fraction of sp³-hybridized carbons (Fsp3) is 0.536. The fourth-order valence-electron chi connectivity index (χ4n) is 5.30. The molecular formula is C28H39ClN2O4S. The molecule has 1 aliphatic carbocycles. The third-order valence-corrected chi connectivity index (χ3v) is 8.69. The van der Waals surface area contributed by atoms with E-state index in [1.165, 1.54) is 11.1 Å². The first-order valence-corrected chi connectivity index (χ1v) is 14.8. The lowest BCUT2D eigenvalue weighted by Gasteiger charge is -2.46. The van der Waals surface area contributed by atoms with E-state index < -0.39 is 21.7 Å². The molecule has 2 aromatic carbocycles. The number of fused-ring (bicyclic) bond motifs is 1. The zero-order valence-electron chi connectivity index (χ0n) is 21.8. The summed E-state index contributed by atoms with van der Waals surface area (Å²) in [6.45, 7) is 8.11. The van der Waals surface area contributed by atoms with E-state index in [1.807, 2.05) is 52.0 Å². The van der Waals surface area contributed by atoms with Crippen molar-refractivity contribution in [3.63, 3.8) is 0 Å². The van der Waals surface area contributed by atoms with Crippen LogP contribution in [0.25, 0.3) is 0 Å². The van der Waals surface area contributed by atoms with Crippen molar-refractivity contribution in [2.45, 2.75) is 83.7 Å². The Kier molecular flexibility index (Phi) is 9.47. The molecule has 36 heavy (non-hydrogen) atoms. The molecule has 0 aliphatic heterocycles. The van der Waals surface area contributed by atoms with Crippen LogP contribution < -0.4 is 4.72 Å². The average molecular weight is 535 g/mol. The summed E-state index contributed by atoms with van der Waals surface area (Å²) >= 11 is 6.11. The Morgan fingerprint density at radius 2 is 1.81 bits per heavy atom. The van der Waals surface area contributed by atoms with Gasteiger partial charge in [0.1, 0.15) is 0 Å². The Balaban J connectivity index is 1.89. The minimum atomic E-state index is -3.21. The summed E-state index contributed by atoms with van der Waals surface area (Å²) in [5.41, 5.74) is 4.19. The number of carboxylic acid groups (broad SMARTS) is 1. The molecule has 198 valence electrons. The standard InChI is InChI=1S/C28H39ClN2O4S/c1-5-17-36(34,35)30-16-6-7-20-8-11-22-12-15-26(31(27(32)33)28(2,3)4)25(24(22)18-20)19-21-9-13-23(29)14-10-21/h8-11,13-14,18,25-26,30H,5-7,12,15-17,19H2,1-4H3,(H,32,33). The number of rotatable bonds is 10. The van der Waals surface area contributed by atoms with Gasteiger partial charge in [0.2, 0.25) is 10.0 Å². The van der Waals surface area contributed by atoms with E-state index in [2.05, 4.69) is 22.9 Å².